The molecule has 0 aliphatic carbocycles. The first-order valence-electron chi connectivity index (χ1n) is 15.0. The predicted octanol–water partition coefficient (Wildman–Crippen LogP) is 7.05. The minimum atomic E-state index is -1.26. The normalized spacial score (nSPS) is 22.8. The van der Waals surface area contributed by atoms with E-state index in [1.54, 1.807) is 48.5 Å². The van der Waals surface area contributed by atoms with Crippen molar-refractivity contribution >= 4 is 51.8 Å². The first-order chi connectivity index (χ1) is 21.5. The van der Waals surface area contributed by atoms with E-state index in [2.05, 4.69) is 14.8 Å². The molecule has 6 rings (SSSR count). The molecular weight excluding hydrogens is 618 g/mol. The van der Waals surface area contributed by atoms with Gasteiger partial charge in [-0.05, 0) is 75.2 Å². The third-order valence-electron chi connectivity index (χ3n) is 9.16. The molecule has 45 heavy (non-hydrogen) atoms. The molecule has 236 valence electrons. The van der Waals surface area contributed by atoms with Gasteiger partial charge in [0.25, 0.3) is 0 Å². The maximum Gasteiger partial charge on any atom is 0.337 e. The lowest BCUT2D eigenvalue weighted by molar-refractivity contribution is -0.127. The Balaban J connectivity index is 1.55. The van der Waals surface area contributed by atoms with Gasteiger partial charge in [-0.1, -0.05) is 41.4 Å². The van der Waals surface area contributed by atoms with Gasteiger partial charge in [0.1, 0.15) is 17.2 Å². The maximum absolute atomic E-state index is 16.1. The van der Waals surface area contributed by atoms with Gasteiger partial charge < -0.3 is 19.4 Å². The quantitative estimate of drug-likeness (QED) is 0.205. The van der Waals surface area contributed by atoms with E-state index >= 15 is 4.39 Å². The van der Waals surface area contributed by atoms with Crippen molar-refractivity contribution in [2.24, 2.45) is 0 Å². The topological polar surface area (TPSA) is 85.7 Å². The van der Waals surface area contributed by atoms with Crippen LogP contribution < -0.4 is 5.32 Å². The van der Waals surface area contributed by atoms with Crippen molar-refractivity contribution in [3.05, 3.63) is 93.5 Å². The average Bonchev–Trinajstić information content (AvgIpc) is 3.51. The van der Waals surface area contributed by atoms with E-state index in [0.717, 1.165) is 11.3 Å². The number of benzene rings is 3. The largest absolute Gasteiger partial charge is 0.465 e. The Morgan fingerprint density at radius 2 is 1.91 bits per heavy atom. The van der Waals surface area contributed by atoms with E-state index < -0.39 is 29.2 Å². The van der Waals surface area contributed by atoms with Crippen LogP contribution in [0.1, 0.15) is 60.8 Å². The number of hydrogen-bond donors (Lipinski definition) is 1. The van der Waals surface area contributed by atoms with Crippen LogP contribution in [0.5, 0.6) is 0 Å². The van der Waals surface area contributed by atoms with Gasteiger partial charge in [-0.3, -0.25) is 9.69 Å². The number of carbonyl (C=O) groups excluding carboxylic acids is 2. The standard InChI is InChI=1S/C34H35Cl2FN4O4/c1-19(2)45-16-15-41-27-13-14-40-26-12-11-20(32(42)44-4)17-25(26)39-31(40)28(27)29(23-9-6-10-24(36)30(23)37)34(41,3)33(43)38-22-8-5-7-21(35)18-22/h5-12,17-19,27-29H,13-16H2,1-4H3,(H,38,43)/t27-,28+,29-,34+/m0/s1. The molecule has 1 saturated heterocycles. The molecular formula is C34H35Cl2FN4O4. The van der Waals surface area contributed by atoms with Crippen LogP contribution in [0.4, 0.5) is 10.1 Å². The number of anilines is 1. The lowest BCUT2D eigenvalue weighted by Crippen LogP contribution is -2.56. The molecule has 1 fully saturated rings. The molecule has 0 radical (unpaired) electrons. The molecule has 4 atom stereocenters. The summed E-state index contributed by atoms with van der Waals surface area (Å²) in [7, 11) is 1.34. The Bertz CT molecular complexity index is 1780. The fourth-order valence-electron chi connectivity index (χ4n) is 7.23. The number of halogens is 3. The molecule has 4 aromatic rings. The summed E-state index contributed by atoms with van der Waals surface area (Å²) in [5, 5.41) is 3.54. The average molecular weight is 654 g/mol. The summed E-state index contributed by atoms with van der Waals surface area (Å²) < 4.78 is 29.2. The SMILES string of the molecule is COC(=O)c1ccc2c(c1)nc1n2CC[C@H]2[C@@H]1[C@H](c1cccc(Cl)c1F)[C@](C)(C(=O)Nc1cccc(Cl)c1)N2CCOC(C)C. The van der Waals surface area contributed by atoms with E-state index in [4.69, 9.17) is 37.7 Å². The van der Waals surface area contributed by atoms with Crippen LogP contribution in [0.2, 0.25) is 10.0 Å². The number of imidazole rings is 1. The molecule has 2 aliphatic heterocycles. The molecule has 3 aromatic carbocycles. The van der Waals surface area contributed by atoms with E-state index in [1.807, 2.05) is 26.8 Å². The molecule has 0 bridgehead atoms. The van der Waals surface area contributed by atoms with Crippen molar-refractivity contribution in [3.63, 3.8) is 0 Å². The van der Waals surface area contributed by atoms with Crippen LogP contribution in [-0.4, -0.2) is 64.3 Å². The lowest BCUT2D eigenvalue weighted by Gasteiger charge is -2.40. The number of ether oxygens (including phenoxy) is 2. The third-order valence-corrected chi connectivity index (χ3v) is 9.69. The van der Waals surface area contributed by atoms with Crippen LogP contribution in [0.25, 0.3) is 11.0 Å². The molecule has 8 nitrogen and oxygen atoms in total. The van der Waals surface area contributed by atoms with Gasteiger partial charge in [0.2, 0.25) is 5.91 Å². The lowest BCUT2D eigenvalue weighted by atomic mass is 9.73. The number of likely N-dealkylation sites (tertiary alicyclic amines) is 1. The van der Waals surface area contributed by atoms with Crippen molar-refractivity contribution in [3.8, 4) is 0 Å². The van der Waals surface area contributed by atoms with E-state index in [-0.39, 0.29) is 23.1 Å². The van der Waals surface area contributed by atoms with Crippen molar-refractivity contribution < 1.29 is 23.5 Å². The highest BCUT2D eigenvalue weighted by atomic mass is 35.5. The van der Waals surface area contributed by atoms with Crippen LogP contribution in [0.3, 0.4) is 0 Å². The Hall–Kier alpha value is -3.50. The zero-order valence-electron chi connectivity index (χ0n) is 25.5. The van der Waals surface area contributed by atoms with E-state index in [9.17, 15) is 9.59 Å². The zero-order chi connectivity index (χ0) is 32.0. The second-order valence-corrected chi connectivity index (χ2v) is 12.9. The van der Waals surface area contributed by atoms with Crippen molar-refractivity contribution in [2.45, 2.75) is 63.3 Å². The van der Waals surface area contributed by atoms with Gasteiger partial charge in [0.15, 0.2) is 0 Å². The van der Waals surface area contributed by atoms with Crippen molar-refractivity contribution in [1.82, 2.24) is 14.5 Å². The van der Waals surface area contributed by atoms with Crippen LogP contribution >= 0.6 is 23.2 Å². The number of amides is 1. The van der Waals surface area contributed by atoms with Gasteiger partial charge >= 0.3 is 5.97 Å². The molecule has 1 aromatic heterocycles. The number of nitrogens with one attached hydrogen (secondary N) is 1. The highest BCUT2D eigenvalue weighted by molar-refractivity contribution is 6.31. The Kier molecular flexibility index (Phi) is 8.65. The minimum absolute atomic E-state index is 0.00400. The number of aromatic nitrogens is 2. The Labute approximate surface area is 271 Å². The predicted molar refractivity (Wildman–Crippen MR) is 173 cm³/mol. The summed E-state index contributed by atoms with van der Waals surface area (Å²) in [6.45, 7) is 7.24. The molecule has 0 unspecified atom stereocenters. The van der Waals surface area contributed by atoms with Crippen LogP contribution in [-0.2, 0) is 20.8 Å². The highest BCUT2D eigenvalue weighted by Gasteiger charge is 2.63. The summed E-state index contributed by atoms with van der Waals surface area (Å²) in [4.78, 5) is 34.2. The van der Waals surface area contributed by atoms with Crippen LogP contribution in [0.15, 0.2) is 60.7 Å². The van der Waals surface area contributed by atoms with E-state index in [0.29, 0.717) is 53.5 Å². The molecule has 0 spiro atoms. The van der Waals surface area contributed by atoms with Crippen molar-refractivity contribution in [2.75, 3.05) is 25.6 Å². The molecule has 1 N–H and O–H groups in total. The highest BCUT2D eigenvalue weighted by Crippen LogP contribution is 2.57. The fraction of sp³-hybridized carbons (Fsp3) is 0.382. The molecule has 3 heterocycles. The van der Waals surface area contributed by atoms with Gasteiger partial charge in [-0.25, -0.2) is 14.2 Å². The van der Waals surface area contributed by atoms with Crippen molar-refractivity contribution in [1.29, 1.82) is 0 Å². The molecule has 1 amide bonds. The van der Waals surface area contributed by atoms with E-state index in [1.165, 1.54) is 13.2 Å². The molecule has 0 saturated carbocycles. The number of rotatable bonds is 8. The number of nitrogens with zero attached hydrogens (tertiary/aromatic N) is 3. The summed E-state index contributed by atoms with van der Waals surface area (Å²) >= 11 is 12.6. The fourth-order valence-corrected chi connectivity index (χ4v) is 7.60. The third kappa shape index (κ3) is 5.50. The Morgan fingerprint density at radius 3 is 2.64 bits per heavy atom. The summed E-state index contributed by atoms with van der Waals surface area (Å²) in [5.74, 6) is -1.68. The molecule has 11 heteroatoms. The minimum Gasteiger partial charge on any atom is -0.465 e. The smallest absolute Gasteiger partial charge is 0.337 e. The number of fused-ring (bicyclic) bond motifs is 5. The number of methoxy groups -OCH3 is 1. The number of esters is 1. The zero-order valence-corrected chi connectivity index (χ0v) is 27.0. The summed E-state index contributed by atoms with van der Waals surface area (Å²) in [6, 6.07) is 17.0. The number of carbonyl (C=O) groups is 2. The first-order valence-corrected chi connectivity index (χ1v) is 15.8. The molecule has 2 aliphatic rings. The summed E-state index contributed by atoms with van der Waals surface area (Å²) in [5.41, 5.74) is 1.49. The monoisotopic (exact) mass is 652 g/mol. The first kappa shape index (κ1) is 31.5. The number of hydrogen-bond acceptors (Lipinski definition) is 6. The van der Waals surface area contributed by atoms with Gasteiger partial charge in [0.05, 0.1) is 41.4 Å². The Morgan fingerprint density at radius 1 is 1.13 bits per heavy atom. The number of aryl methyl sites for hydroxylation is 1. The maximum atomic E-state index is 16.1. The van der Waals surface area contributed by atoms with Gasteiger partial charge in [0, 0.05) is 41.7 Å². The van der Waals surface area contributed by atoms with Gasteiger partial charge in [-0.15, -0.1) is 0 Å². The van der Waals surface area contributed by atoms with Gasteiger partial charge in [-0.2, -0.15) is 0 Å². The second kappa shape index (κ2) is 12.4. The second-order valence-electron chi connectivity index (χ2n) is 12.0. The summed E-state index contributed by atoms with van der Waals surface area (Å²) in [6.07, 6.45) is 0.679. The van der Waals surface area contributed by atoms with Crippen LogP contribution in [0, 0.1) is 5.82 Å².